The van der Waals surface area contributed by atoms with Gasteiger partial charge in [0.2, 0.25) is 0 Å². The summed E-state index contributed by atoms with van der Waals surface area (Å²) in [5.74, 6) is 0. The molecule has 0 aliphatic heterocycles. The monoisotopic (exact) mass is 250 g/mol. The van der Waals surface area contributed by atoms with E-state index in [2.05, 4.69) is 35.0 Å². The van der Waals surface area contributed by atoms with Crippen LogP contribution in [-0.2, 0) is 6.54 Å². The van der Waals surface area contributed by atoms with Crippen LogP contribution in [0.1, 0.15) is 19.8 Å². The Morgan fingerprint density at radius 3 is 2.88 bits per heavy atom. The molecular weight excluding hydrogens is 232 g/mol. The number of fused-ring (bicyclic) bond motifs is 1. The van der Waals surface area contributed by atoms with Crippen LogP contribution >= 0.6 is 11.6 Å². The lowest BCUT2D eigenvalue weighted by Crippen LogP contribution is -2.17. The predicted molar refractivity (Wildman–Crippen MR) is 74.7 cm³/mol. The molecule has 0 aliphatic carbocycles. The first kappa shape index (κ1) is 12.5. The second kappa shape index (κ2) is 6.08. The van der Waals surface area contributed by atoms with Gasteiger partial charge in [0, 0.05) is 23.6 Å². The number of hydrogen-bond acceptors (Lipinski definition) is 1. The Balaban J connectivity index is 1.99. The molecule has 2 nitrogen and oxygen atoms in total. The largest absolute Gasteiger partial charge is 0.346 e. The molecule has 1 N–H and O–H groups in total. The second-order valence-electron chi connectivity index (χ2n) is 4.29. The maximum atomic E-state index is 6.20. The van der Waals surface area contributed by atoms with E-state index in [1.807, 2.05) is 12.3 Å². The van der Waals surface area contributed by atoms with E-state index in [-0.39, 0.29) is 0 Å². The average molecular weight is 251 g/mol. The first-order valence-electron chi connectivity index (χ1n) is 6.27. The van der Waals surface area contributed by atoms with Crippen molar-refractivity contribution in [2.75, 3.05) is 13.1 Å². The molecule has 2 rings (SSSR count). The maximum absolute atomic E-state index is 6.20. The summed E-state index contributed by atoms with van der Waals surface area (Å²) in [7, 11) is 0. The number of aryl methyl sites for hydroxylation is 1. The van der Waals surface area contributed by atoms with Gasteiger partial charge in [-0.25, -0.2) is 0 Å². The van der Waals surface area contributed by atoms with E-state index in [1.165, 1.54) is 11.9 Å². The standard InChI is InChI=1S/C14H19ClN2/c1-2-8-16-9-5-10-17-11-13(15)12-6-3-4-7-14(12)17/h3-4,6-7,11,16H,2,5,8-10H2,1H3. The van der Waals surface area contributed by atoms with Gasteiger partial charge in [0.1, 0.15) is 0 Å². The first-order chi connectivity index (χ1) is 8.33. The van der Waals surface area contributed by atoms with Gasteiger partial charge in [0.25, 0.3) is 0 Å². The molecule has 17 heavy (non-hydrogen) atoms. The lowest BCUT2D eigenvalue weighted by atomic mass is 10.2. The lowest BCUT2D eigenvalue weighted by Gasteiger charge is -2.06. The van der Waals surface area contributed by atoms with Crippen molar-refractivity contribution in [3.63, 3.8) is 0 Å². The summed E-state index contributed by atoms with van der Waals surface area (Å²) in [6.45, 7) is 5.38. The fraction of sp³-hybridized carbons (Fsp3) is 0.429. The van der Waals surface area contributed by atoms with Crippen LogP contribution in [0.5, 0.6) is 0 Å². The Morgan fingerprint density at radius 2 is 2.06 bits per heavy atom. The van der Waals surface area contributed by atoms with Crippen LogP contribution in [0, 0.1) is 0 Å². The molecule has 92 valence electrons. The highest BCUT2D eigenvalue weighted by atomic mass is 35.5. The fourth-order valence-electron chi connectivity index (χ4n) is 2.06. The molecule has 2 aromatic rings. The Labute approximate surface area is 108 Å². The number of nitrogens with zero attached hydrogens (tertiary/aromatic N) is 1. The topological polar surface area (TPSA) is 17.0 Å². The minimum absolute atomic E-state index is 0.849. The lowest BCUT2D eigenvalue weighted by molar-refractivity contribution is 0.588. The summed E-state index contributed by atoms with van der Waals surface area (Å²) in [5.41, 5.74) is 1.23. The third kappa shape index (κ3) is 3.02. The van der Waals surface area contributed by atoms with Crippen molar-refractivity contribution < 1.29 is 0 Å². The predicted octanol–water partition coefficient (Wildman–Crippen LogP) is 3.68. The van der Waals surface area contributed by atoms with Crippen molar-refractivity contribution in [3.05, 3.63) is 35.5 Å². The summed E-state index contributed by atoms with van der Waals surface area (Å²) in [6, 6.07) is 8.29. The molecule has 1 aromatic carbocycles. The van der Waals surface area contributed by atoms with Gasteiger partial charge in [-0.1, -0.05) is 36.7 Å². The molecule has 0 spiro atoms. The number of rotatable bonds is 6. The van der Waals surface area contributed by atoms with Crippen LogP contribution in [0.15, 0.2) is 30.5 Å². The van der Waals surface area contributed by atoms with Crippen LogP contribution in [-0.4, -0.2) is 17.7 Å². The van der Waals surface area contributed by atoms with Crippen molar-refractivity contribution in [3.8, 4) is 0 Å². The second-order valence-corrected chi connectivity index (χ2v) is 4.70. The van der Waals surface area contributed by atoms with E-state index in [0.717, 1.165) is 36.5 Å². The normalized spacial score (nSPS) is 11.2. The minimum Gasteiger partial charge on any atom is -0.346 e. The SMILES string of the molecule is CCCNCCCn1cc(Cl)c2ccccc21. The molecular formula is C14H19ClN2. The van der Waals surface area contributed by atoms with Crippen molar-refractivity contribution in [2.24, 2.45) is 0 Å². The van der Waals surface area contributed by atoms with Crippen molar-refractivity contribution in [2.45, 2.75) is 26.3 Å². The van der Waals surface area contributed by atoms with E-state index >= 15 is 0 Å². The van der Waals surface area contributed by atoms with E-state index in [1.54, 1.807) is 0 Å². The number of benzene rings is 1. The quantitative estimate of drug-likeness (QED) is 0.774. The maximum Gasteiger partial charge on any atom is 0.0661 e. The molecule has 3 heteroatoms. The molecule has 0 atom stereocenters. The zero-order chi connectivity index (χ0) is 12.1. The summed E-state index contributed by atoms with van der Waals surface area (Å²) in [5, 5.41) is 5.41. The zero-order valence-electron chi connectivity index (χ0n) is 10.2. The number of hydrogen-bond donors (Lipinski definition) is 1. The van der Waals surface area contributed by atoms with Crippen LogP contribution in [0.4, 0.5) is 0 Å². The average Bonchev–Trinajstić information content (AvgIpc) is 2.67. The van der Waals surface area contributed by atoms with Crippen molar-refractivity contribution in [1.29, 1.82) is 0 Å². The van der Waals surface area contributed by atoms with Crippen LogP contribution in [0.2, 0.25) is 5.02 Å². The summed E-state index contributed by atoms with van der Waals surface area (Å²) in [6.07, 6.45) is 4.36. The molecule has 0 unspecified atom stereocenters. The molecule has 0 saturated heterocycles. The van der Waals surface area contributed by atoms with E-state index < -0.39 is 0 Å². The Kier molecular flexibility index (Phi) is 4.46. The number of nitrogens with one attached hydrogen (secondary N) is 1. The van der Waals surface area contributed by atoms with Crippen molar-refractivity contribution in [1.82, 2.24) is 9.88 Å². The van der Waals surface area contributed by atoms with Gasteiger partial charge >= 0.3 is 0 Å². The summed E-state index contributed by atoms with van der Waals surface area (Å²) < 4.78 is 2.24. The van der Waals surface area contributed by atoms with Gasteiger partial charge in [-0.15, -0.1) is 0 Å². The van der Waals surface area contributed by atoms with Gasteiger partial charge in [0.05, 0.1) is 5.02 Å². The molecule has 1 heterocycles. The van der Waals surface area contributed by atoms with Crippen LogP contribution in [0.25, 0.3) is 10.9 Å². The Morgan fingerprint density at radius 1 is 1.24 bits per heavy atom. The molecule has 0 saturated carbocycles. The number of para-hydroxylation sites is 1. The summed E-state index contributed by atoms with van der Waals surface area (Å²) >= 11 is 6.20. The van der Waals surface area contributed by atoms with E-state index in [4.69, 9.17) is 11.6 Å². The van der Waals surface area contributed by atoms with Crippen LogP contribution in [0.3, 0.4) is 0 Å². The molecule has 0 amide bonds. The molecule has 0 bridgehead atoms. The van der Waals surface area contributed by atoms with Crippen LogP contribution < -0.4 is 5.32 Å². The van der Waals surface area contributed by atoms with Gasteiger partial charge in [-0.2, -0.15) is 0 Å². The zero-order valence-corrected chi connectivity index (χ0v) is 11.0. The fourth-order valence-corrected chi connectivity index (χ4v) is 2.34. The number of aromatic nitrogens is 1. The molecule has 0 radical (unpaired) electrons. The van der Waals surface area contributed by atoms with Crippen molar-refractivity contribution >= 4 is 22.5 Å². The van der Waals surface area contributed by atoms with E-state index in [0.29, 0.717) is 0 Å². The van der Waals surface area contributed by atoms with Gasteiger partial charge in [-0.3, -0.25) is 0 Å². The Bertz CT molecular complexity index is 476. The Hall–Kier alpha value is -0.990. The summed E-state index contributed by atoms with van der Waals surface area (Å²) in [4.78, 5) is 0. The smallest absolute Gasteiger partial charge is 0.0661 e. The third-order valence-corrected chi connectivity index (χ3v) is 3.22. The highest BCUT2D eigenvalue weighted by Gasteiger charge is 2.04. The molecule has 0 aliphatic rings. The molecule has 1 aromatic heterocycles. The third-order valence-electron chi connectivity index (χ3n) is 2.92. The minimum atomic E-state index is 0.849. The molecule has 0 fully saturated rings. The highest BCUT2D eigenvalue weighted by Crippen LogP contribution is 2.25. The van der Waals surface area contributed by atoms with Gasteiger partial charge < -0.3 is 9.88 Å². The first-order valence-corrected chi connectivity index (χ1v) is 6.65. The van der Waals surface area contributed by atoms with Gasteiger partial charge in [0.15, 0.2) is 0 Å². The highest BCUT2D eigenvalue weighted by molar-refractivity contribution is 6.35. The van der Waals surface area contributed by atoms with Gasteiger partial charge in [-0.05, 0) is 32.0 Å². The number of halogens is 1. The van der Waals surface area contributed by atoms with E-state index in [9.17, 15) is 0 Å².